The van der Waals surface area contributed by atoms with Crippen LogP contribution in [0.5, 0.6) is 0 Å². The van der Waals surface area contributed by atoms with Gasteiger partial charge in [-0.05, 0) is 25.0 Å². The molecule has 4 amide bonds. The average Bonchev–Trinajstić information content (AvgIpc) is 3.20. The number of nitrogens with one attached hydrogen (secondary N) is 3. The van der Waals surface area contributed by atoms with E-state index in [1.165, 1.54) is 0 Å². The molecule has 4 rings (SSSR count). The molecule has 3 aliphatic heterocycles. The molecule has 1 aromatic carbocycles. The number of halogens is 2. The van der Waals surface area contributed by atoms with Gasteiger partial charge >= 0.3 is 6.03 Å². The fourth-order valence-electron chi connectivity index (χ4n) is 4.54. The normalized spacial score (nSPS) is 25.8. The zero-order chi connectivity index (χ0) is 22.7. The van der Waals surface area contributed by atoms with E-state index in [4.69, 9.17) is 4.74 Å². The summed E-state index contributed by atoms with van der Waals surface area (Å²) in [6, 6.07) is 1.56. The second-order valence-electron chi connectivity index (χ2n) is 8.30. The van der Waals surface area contributed by atoms with Gasteiger partial charge in [0.25, 0.3) is 0 Å². The number of morpholine rings is 1. The van der Waals surface area contributed by atoms with Gasteiger partial charge in [-0.15, -0.1) is 0 Å². The Morgan fingerprint density at radius 1 is 1.22 bits per heavy atom. The molecule has 3 N–H and O–H groups in total. The van der Waals surface area contributed by atoms with E-state index in [0.29, 0.717) is 64.7 Å². The maximum absolute atomic E-state index is 13.8. The highest BCUT2D eigenvalue weighted by Crippen LogP contribution is 2.26. The number of urea groups is 1. The molecule has 32 heavy (non-hydrogen) atoms. The Morgan fingerprint density at radius 3 is 2.75 bits per heavy atom. The van der Waals surface area contributed by atoms with Crippen molar-refractivity contribution >= 4 is 23.5 Å². The van der Waals surface area contributed by atoms with Gasteiger partial charge in [-0.2, -0.15) is 0 Å². The molecule has 11 heteroatoms. The summed E-state index contributed by atoms with van der Waals surface area (Å²) in [7, 11) is 0. The third kappa shape index (κ3) is 5.16. The minimum atomic E-state index is -0.867. The van der Waals surface area contributed by atoms with Crippen LogP contribution in [0.2, 0.25) is 0 Å². The summed E-state index contributed by atoms with van der Waals surface area (Å²) >= 11 is 0. The highest BCUT2D eigenvalue weighted by Gasteiger charge is 2.43. The minimum Gasteiger partial charge on any atom is -0.378 e. The highest BCUT2D eigenvalue weighted by molar-refractivity contribution is 5.90. The summed E-state index contributed by atoms with van der Waals surface area (Å²) in [6.07, 6.45) is 1.40. The molecular weight excluding hydrogens is 424 g/mol. The largest absolute Gasteiger partial charge is 0.378 e. The number of carbonyl (C=O) groups is 3. The molecule has 0 aliphatic carbocycles. The van der Waals surface area contributed by atoms with Crippen LogP contribution < -0.4 is 16.0 Å². The van der Waals surface area contributed by atoms with Crippen LogP contribution in [0.4, 0.5) is 19.3 Å². The third-order valence-corrected chi connectivity index (χ3v) is 6.19. The monoisotopic (exact) mass is 451 g/mol. The molecule has 174 valence electrons. The first kappa shape index (κ1) is 22.4. The lowest BCUT2D eigenvalue weighted by Crippen LogP contribution is -2.58. The van der Waals surface area contributed by atoms with Crippen molar-refractivity contribution in [3.05, 3.63) is 29.8 Å². The summed E-state index contributed by atoms with van der Waals surface area (Å²) in [6.45, 7) is 3.21. The Bertz CT molecular complexity index is 880. The number of anilines is 1. The van der Waals surface area contributed by atoms with Gasteiger partial charge in [-0.3, -0.25) is 14.5 Å². The minimum absolute atomic E-state index is 0.00732. The predicted molar refractivity (Wildman–Crippen MR) is 111 cm³/mol. The van der Waals surface area contributed by atoms with Crippen LogP contribution in [0.1, 0.15) is 19.3 Å². The van der Waals surface area contributed by atoms with Gasteiger partial charge in [0.15, 0.2) is 0 Å². The van der Waals surface area contributed by atoms with Gasteiger partial charge in [0.05, 0.1) is 24.9 Å². The first-order chi connectivity index (χ1) is 15.4. The van der Waals surface area contributed by atoms with Crippen LogP contribution in [0.25, 0.3) is 0 Å². The number of rotatable bonds is 5. The number of hydrogen-bond acceptors (Lipinski definition) is 5. The van der Waals surface area contributed by atoms with Crippen molar-refractivity contribution in [3.63, 3.8) is 0 Å². The predicted octanol–water partition coefficient (Wildman–Crippen LogP) is 0.667. The summed E-state index contributed by atoms with van der Waals surface area (Å²) in [4.78, 5) is 41.0. The van der Waals surface area contributed by atoms with Crippen molar-refractivity contribution in [3.8, 4) is 0 Å². The van der Waals surface area contributed by atoms with Crippen molar-refractivity contribution in [1.82, 2.24) is 20.4 Å². The fourth-order valence-corrected chi connectivity index (χ4v) is 4.54. The summed E-state index contributed by atoms with van der Waals surface area (Å²) in [5.74, 6) is -1.62. The Balaban J connectivity index is 1.31. The van der Waals surface area contributed by atoms with E-state index in [1.807, 2.05) is 4.90 Å². The molecule has 3 aliphatic rings. The number of fused-ring (bicyclic) bond motifs is 1. The lowest BCUT2D eigenvalue weighted by molar-refractivity contribution is -0.136. The fraction of sp³-hybridized carbons (Fsp3) is 0.571. The van der Waals surface area contributed by atoms with Gasteiger partial charge in [0.2, 0.25) is 11.8 Å². The molecule has 3 atom stereocenters. The van der Waals surface area contributed by atoms with Crippen LogP contribution in [0.3, 0.4) is 0 Å². The van der Waals surface area contributed by atoms with E-state index in [-0.39, 0.29) is 35.6 Å². The van der Waals surface area contributed by atoms with E-state index >= 15 is 0 Å². The highest BCUT2D eigenvalue weighted by atomic mass is 19.1. The summed E-state index contributed by atoms with van der Waals surface area (Å²) < 4.78 is 32.1. The molecule has 0 spiro atoms. The second-order valence-corrected chi connectivity index (χ2v) is 8.30. The molecule has 3 fully saturated rings. The molecule has 0 unspecified atom stereocenters. The van der Waals surface area contributed by atoms with Gasteiger partial charge in [0, 0.05) is 50.7 Å². The first-order valence-corrected chi connectivity index (χ1v) is 10.8. The van der Waals surface area contributed by atoms with E-state index in [1.54, 1.807) is 4.90 Å². The Hall–Kier alpha value is -2.79. The number of ether oxygens (including phenoxy) is 1. The average molecular weight is 451 g/mol. The van der Waals surface area contributed by atoms with Crippen LogP contribution in [-0.4, -0.2) is 85.2 Å². The topological polar surface area (TPSA) is 103 Å². The van der Waals surface area contributed by atoms with Crippen molar-refractivity contribution < 1.29 is 27.9 Å². The first-order valence-electron chi connectivity index (χ1n) is 10.8. The molecule has 0 saturated carbocycles. The Morgan fingerprint density at radius 2 is 2.00 bits per heavy atom. The summed E-state index contributed by atoms with van der Waals surface area (Å²) in [5.41, 5.74) is -0.128. The van der Waals surface area contributed by atoms with E-state index in [0.717, 1.165) is 12.1 Å². The zero-order valence-corrected chi connectivity index (χ0v) is 17.6. The number of amides is 4. The van der Waals surface area contributed by atoms with Crippen molar-refractivity contribution in [2.45, 2.75) is 37.4 Å². The summed E-state index contributed by atoms with van der Waals surface area (Å²) in [5, 5.41) is 8.03. The number of benzene rings is 1. The number of carbonyl (C=O) groups excluding carboxylic acids is 3. The number of hydrogen-bond donors (Lipinski definition) is 3. The van der Waals surface area contributed by atoms with Gasteiger partial charge in [0.1, 0.15) is 11.6 Å². The van der Waals surface area contributed by atoms with Crippen molar-refractivity contribution in [2.75, 3.05) is 44.7 Å². The lowest BCUT2D eigenvalue weighted by Gasteiger charge is -2.37. The SMILES string of the molecule is O=C(Nc1ccc(F)cc1F)N[C@@H]1C[C@H]2C(=O)NC[C@@H](CCC(=O)N3CCOCC3)N2C1. The van der Waals surface area contributed by atoms with Crippen LogP contribution in [-0.2, 0) is 14.3 Å². The quantitative estimate of drug-likeness (QED) is 0.611. The van der Waals surface area contributed by atoms with Crippen molar-refractivity contribution in [1.29, 1.82) is 0 Å². The maximum Gasteiger partial charge on any atom is 0.319 e. The lowest BCUT2D eigenvalue weighted by atomic mass is 10.0. The molecule has 0 bridgehead atoms. The van der Waals surface area contributed by atoms with E-state index in [2.05, 4.69) is 16.0 Å². The smallest absolute Gasteiger partial charge is 0.319 e. The Labute approximate surface area is 184 Å². The molecule has 0 radical (unpaired) electrons. The van der Waals surface area contributed by atoms with Crippen LogP contribution >= 0.6 is 0 Å². The molecule has 0 aromatic heterocycles. The molecule has 3 saturated heterocycles. The molecule has 1 aromatic rings. The van der Waals surface area contributed by atoms with E-state index < -0.39 is 17.7 Å². The molecule has 3 heterocycles. The number of piperazine rings is 1. The van der Waals surface area contributed by atoms with Crippen LogP contribution in [0.15, 0.2) is 18.2 Å². The van der Waals surface area contributed by atoms with Gasteiger partial charge < -0.3 is 25.6 Å². The zero-order valence-electron chi connectivity index (χ0n) is 17.6. The van der Waals surface area contributed by atoms with Crippen molar-refractivity contribution in [2.24, 2.45) is 0 Å². The maximum atomic E-state index is 13.8. The van der Waals surface area contributed by atoms with E-state index in [9.17, 15) is 23.2 Å². The standard InChI is InChI=1S/C21H27F2N5O4/c22-13-1-3-17(16(23)9-13)26-21(31)25-14-10-18-20(30)24-11-15(28(18)12-14)2-4-19(29)27-5-7-32-8-6-27/h1,3,9,14-15,18H,2,4-8,10-12H2,(H,24,30)(H2,25,26,31)/t14-,15-,18+/m1/s1. The molecule has 9 nitrogen and oxygen atoms in total. The third-order valence-electron chi connectivity index (χ3n) is 6.19. The molecular formula is C21H27F2N5O4. The second kappa shape index (κ2) is 9.78. The van der Waals surface area contributed by atoms with Gasteiger partial charge in [-0.1, -0.05) is 0 Å². The Kier molecular flexibility index (Phi) is 6.85. The number of nitrogens with zero attached hydrogens (tertiary/aromatic N) is 2. The van der Waals surface area contributed by atoms with Gasteiger partial charge in [-0.25, -0.2) is 13.6 Å². The van der Waals surface area contributed by atoms with Crippen LogP contribution in [0, 0.1) is 11.6 Å².